The largest absolute Gasteiger partial charge is 0.275 e. The van der Waals surface area contributed by atoms with Crippen LogP contribution < -0.4 is 0 Å². The molecule has 0 aliphatic carbocycles. The Morgan fingerprint density at radius 3 is 2.41 bits per heavy atom. The first-order valence-corrected chi connectivity index (χ1v) is 8.00. The molecule has 0 radical (unpaired) electrons. The summed E-state index contributed by atoms with van der Waals surface area (Å²) in [6.45, 7) is 2.22. The van der Waals surface area contributed by atoms with E-state index in [2.05, 4.69) is 5.10 Å². The third-order valence-corrected chi connectivity index (χ3v) is 5.09. The van der Waals surface area contributed by atoms with Crippen LogP contribution in [0.2, 0.25) is 0 Å². The Morgan fingerprint density at radius 2 is 1.95 bits per heavy atom. The Kier molecular flexibility index (Phi) is 4.57. The zero-order valence-corrected chi connectivity index (χ0v) is 13.0. The number of hydrogen-bond acceptors (Lipinski definition) is 5. The van der Waals surface area contributed by atoms with E-state index in [-0.39, 0.29) is 23.7 Å². The molecular weight excluding hydrogens is 308 g/mol. The zero-order chi connectivity index (χ0) is 16.3. The summed E-state index contributed by atoms with van der Waals surface area (Å²) in [5, 5.41) is 14.6. The summed E-state index contributed by atoms with van der Waals surface area (Å²) in [6.07, 6.45) is 3.35. The van der Waals surface area contributed by atoms with Crippen molar-refractivity contribution in [2.45, 2.75) is 18.4 Å². The molecule has 1 aromatic carbocycles. The van der Waals surface area contributed by atoms with E-state index in [1.165, 1.54) is 28.6 Å². The predicted molar refractivity (Wildman–Crippen MR) is 79.6 cm³/mol. The molecule has 0 spiro atoms. The number of nitro benzene ring substituents is 1. The van der Waals surface area contributed by atoms with E-state index < -0.39 is 14.9 Å². The van der Waals surface area contributed by atoms with Crippen LogP contribution in [0.15, 0.2) is 41.6 Å². The Labute approximate surface area is 128 Å². The topological polar surface area (TPSA) is 98.3 Å². The normalized spacial score (nSPS) is 11.8. The summed E-state index contributed by atoms with van der Waals surface area (Å²) in [6, 6.07) is 4.87. The van der Waals surface area contributed by atoms with Crippen LogP contribution in [0, 0.1) is 10.1 Å². The van der Waals surface area contributed by atoms with E-state index >= 15 is 0 Å². The van der Waals surface area contributed by atoms with Crippen LogP contribution in [-0.2, 0) is 23.6 Å². The molecule has 1 aromatic heterocycles. The summed E-state index contributed by atoms with van der Waals surface area (Å²) in [4.78, 5) is 10.1. The first-order chi connectivity index (χ1) is 10.3. The Bertz CT molecular complexity index is 768. The molecule has 22 heavy (non-hydrogen) atoms. The molecule has 0 saturated heterocycles. The van der Waals surface area contributed by atoms with Crippen LogP contribution in [0.5, 0.6) is 0 Å². The molecule has 0 saturated carbocycles. The Balaban J connectivity index is 2.27. The highest BCUT2D eigenvalue weighted by atomic mass is 32.2. The first kappa shape index (κ1) is 16.1. The molecule has 2 rings (SSSR count). The van der Waals surface area contributed by atoms with Gasteiger partial charge in [-0.15, -0.1) is 0 Å². The van der Waals surface area contributed by atoms with Gasteiger partial charge in [0.15, 0.2) is 0 Å². The third-order valence-electron chi connectivity index (χ3n) is 3.16. The second-order valence-electron chi connectivity index (χ2n) is 4.70. The van der Waals surface area contributed by atoms with Gasteiger partial charge in [-0.1, -0.05) is 6.92 Å². The summed E-state index contributed by atoms with van der Waals surface area (Å²) in [7, 11) is -1.95. The smallest absolute Gasteiger partial charge is 0.269 e. The fourth-order valence-corrected chi connectivity index (χ4v) is 3.45. The van der Waals surface area contributed by atoms with Crippen LogP contribution in [0.1, 0.15) is 12.5 Å². The number of rotatable bonds is 6. The monoisotopic (exact) mass is 324 g/mol. The molecule has 0 unspecified atom stereocenters. The molecule has 118 valence electrons. The van der Waals surface area contributed by atoms with Gasteiger partial charge in [-0.25, -0.2) is 8.42 Å². The van der Waals surface area contributed by atoms with E-state index in [9.17, 15) is 18.5 Å². The van der Waals surface area contributed by atoms with Crippen molar-refractivity contribution in [3.63, 3.8) is 0 Å². The number of aromatic nitrogens is 2. The van der Waals surface area contributed by atoms with Crippen molar-refractivity contribution in [3.05, 3.63) is 52.3 Å². The molecule has 0 atom stereocenters. The van der Waals surface area contributed by atoms with Gasteiger partial charge in [0.1, 0.15) is 0 Å². The number of benzene rings is 1. The lowest BCUT2D eigenvalue weighted by Crippen LogP contribution is -2.30. The van der Waals surface area contributed by atoms with Crippen LogP contribution in [0.4, 0.5) is 5.69 Å². The van der Waals surface area contributed by atoms with Crippen LogP contribution in [0.3, 0.4) is 0 Å². The average molecular weight is 324 g/mol. The average Bonchev–Trinajstić information content (AvgIpc) is 2.90. The van der Waals surface area contributed by atoms with E-state index in [0.29, 0.717) is 0 Å². The van der Waals surface area contributed by atoms with Gasteiger partial charge in [-0.3, -0.25) is 14.8 Å². The van der Waals surface area contributed by atoms with E-state index in [0.717, 1.165) is 5.56 Å². The fraction of sp³-hybridized carbons (Fsp3) is 0.308. The molecule has 1 heterocycles. The number of nitrogens with zero attached hydrogens (tertiary/aromatic N) is 4. The Morgan fingerprint density at radius 1 is 1.32 bits per heavy atom. The van der Waals surface area contributed by atoms with Crippen molar-refractivity contribution in [1.29, 1.82) is 0 Å². The van der Waals surface area contributed by atoms with Crippen molar-refractivity contribution in [2.75, 3.05) is 6.54 Å². The standard InChI is InChI=1S/C13H16N4O4S/c1-3-16(10-11-8-14-15(2)9-11)22(20,21)13-6-4-12(5-7-13)17(18)19/h4-9H,3,10H2,1-2H3. The van der Waals surface area contributed by atoms with Crippen LogP contribution in [-0.4, -0.2) is 34.0 Å². The molecule has 9 heteroatoms. The highest BCUT2D eigenvalue weighted by Gasteiger charge is 2.24. The van der Waals surface area contributed by atoms with Crippen molar-refractivity contribution in [1.82, 2.24) is 14.1 Å². The van der Waals surface area contributed by atoms with E-state index in [1.807, 2.05) is 0 Å². The molecule has 2 aromatic rings. The van der Waals surface area contributed by atoms with Crippen LogP contribution in [0.25, 0.3) is 0 Å². The van der Waals surface area contributed by atoms with Gasteiger partial charge in [0.2, 0.25) is 10.0 Å². The minimum atomic E-state index is -3.71. The molecule has 0 bridgehead atoms. The molecule has 8 nitrogen and oxygen atoms in total. The lowest BCUT2D eigenvalue weighted by Gasteiger charge is -2.19. The molecule has 0 aliphatic heterocycles. The number of hydrogen-bond donors (Lipinski definition) is 0. The first-order valence-electron chi connectivity index (χ1n) is 6.56. The molecule has 0 N–H and O–H groups in total. The maximum atomic E-state index is 12.6. The van der Waals surface area contributed by atoms with Gasteiger partial charge in [0.05, 0.1) is 16.0 Å². The molecule has 0 aliphatic rings. The SMILES string of the molecule is CCN(Cc1cnn(C)c1)S(=O)(=O)c1ccc([N+](=O)[O-])cc1. The lowest BCUT2D eigenvalue weighted by atomic mass is 10.3. The van der Waals surface area contributed by atoms with E-state index in [4.69, 9.17) is 0 Å². The molecular formula is C13H16N4O4S. The highest BCUT2D eigenvalue weighted by molar-refractivity contribution is 7.89. The summed E-state index contributed by atoms with van der Waals surface area (Å²) in [5.74, 6) is 0. The quantitative estimate of drug-likeness (QED) is 0.593. The number of non-ortho nitro benzene ring substituents is 1. The van der Waals surface area contributed by atoms with Crippen molar-refractivity contribution in [2.24, 2.45) is 7.05 Å². The van der Waals surface area contributed by atoms with E-state index in [1.54, 1.807) is 31.0 Å². The zero-order valence-electron chi connectivity index (χ0n) is 12.2. The van der Waals surface area contributed by atoms with Gasteiger partial charge in [0, 0.05) is 44.0 Å². The van der Waals surface area contributed by atoms with Gasteiger partial charge in [-0.05, 0) is 12.1 Å². The number of nitro groups is 1. The summed E-state index contributed by atoms with van der Waals surface area (Å²) in [5.41, 5.74) is 0.629. The van der Waals surface area contributed by atoms with Crippen molar-refractivity contribution >= 4 is 15.7 Å². The fourth-order valence-electron chi connectivity index (χ4n) is 2.01. The van der Waals surface area contributed by atoms with Crippen LogP contribution >= 0.6 is 0 Å². The van der Waals surface area contributed by atoms with Crippen molar-refractivity contribution < 1.29 is 13.3 Å². The van der Waals surface area contributed by atoms with Crippen molar-refractivity contribution in [3.8, 4) is 0 Å². The van der Waals surface area contributed by atoms with Gasteiger partial charge in [0.25, 0.3) is 5.69 Å². The number of sulfonamides is 1. The lowest BCUT2D eigenvalue weighted by molar-refractivity contribution is -0.384. The predicted octanol–water partition coefficient (Wildman–Crippen LogP) is 1.54. The second-order valence-corrected chi connectivity index (χ2v) is 6.64. The minimum Gasteiger partial charge on any atom is -0.275 e. The third kappa shape index (κ3) is 3.31. The highest BCUT2D eigenvalue weighted by Crippen LogP contribution is 2.21. The van der Waals surface area contributed by atoms with Gasteiger partial charge < -0.3 is 0 Å². The summed E-state index contributed by atoms with van der Waals surface area (Å²) < 4.78 is 28.1. The summed E-state index contributed by atoms with van der Waals surface area (Å²) >= 11 is 0. The molecule has 0 fully saturated rings. The maximum Gasteiger partial charge on any atom is 0.269 e. The minimum absolute atomic E-state index is 0.0313. The molecule has 0 amide bonds. The van der Waals surface area contributed by atoms with Gasteiger partial charge in [-0.2, -0.15) is 9.40 Å². The Hall–Kier alpha value is -2.26. The number of aryl methyl sites for hydroxylation is 1. The second kappa shape index (κ2) is 6.24. The maximum absolute atomic E-state index is 12.6. The van der Waals surface area contributed by atoms with Gasteiger partial charge >= 0.3 is 0 Å².